The van der Waals surface area contributed by atoms with Gasteiger partial charge in [0.1, 0.15) is 6.54 Å². The molecule has 1 unspecified atom stereocenters. The second-order valence-electron chi connectivity index (χ2n) is 5.67. The first kappa shape index (κ1) is 15.6. The Morgan fingerprint density at radius 2 is 2.14 bits per heavy atom. The van der Waals surface area contributed by atoms with Crippen molar-refractivity contribution in [2.24, 2.45) is 0 Å². The molecule has 0 radical (unpaired) electrons. The standard InChI is InChI=1S/C15H17BrN2O3S/c1-10-15(16)12-4-2-3-5-13(12)18(10)8-14(19)17-11-6-7-22(20,21)9-11/h2-5,11H,6-9H2,1H3,(H,17,19). The maximum absolute atomic E-state index is 12.2. The number of nitrogens with one attached hydrogen (secondary N) is 1. The van der Waals surface area contributed by atoms with E-state index in [1.807, 2.05) is 35.8 Å². The van der Waals surface area contributed by atoms with Crippen molar-refractivity contribution in [1.82, 2.24) is 9.88 Å². The van der Waals surface area contributed by atoms with Crippen LogP contribution in [-0.4, -0.2) is 36.4 Å². The van der Waals surface area contributed by atoms with E-state index >= 15 is 0 Å². The fourth-order valence-corrected chi connectivity index (χ4v) is 5.14. The predicted octanol–water partition coefficient (Wildman–Crippen LogP) is 2.02. The Bertz CT molecular complexity index is 842. The van der Waals surface area contributed by atoms with Crippen molar-refractivity contribution in [2.75, 3.05) is 11.5 Å². The fraction of sp³-hybridized carbons (Fsp3) is 0.400. The minimum absolute atomic E-state index is 0.0494. The van der Waals surface area contributed by atoms with Gasteiger partial charge in [0.15, 0.2) is 9.84 Å². The second-order valence-corrected chi connectivity index (χ2v) is 8.69. The van der Waals surface area contributed by atoms with Gasteiger partial charge in [-0.1, -0.05) is 18.2 Å². The molecule has 1 aromatic carbocycles. The number of rotatable bonds is 3. The van der Waals surface area contributed by atoms with Crippen LogP contribution in [0, 0.1) is 6.92 Å². The normalized spacial score (nSPS) is 20.4. The first-order valence-electron chi connectivity index (χ1n) is 7.10. The van der Waals surface area contributed by atoms with Gasteiger partial charge < -0.3 is 9.88 Å². The average Bonchev–Trinajstić information content (AvgIpc) is 2.92. The molecule has 0 spiro atoms. The van der Waals surface area contributed by atoms with Crippen molar-refractivity contribution in [3.63, 3.8) is 0 Å². The minimum atomic E-state index is -2.98. The van der Waals surface area contributed by atoms with Crippen LogP contribution in [0.25, 0.3) is 10.9 Å². The van der Waals surface area contributed by atoms with Crippen LogP contribution in [0.15, 0.2) is 28.7 Å². The highest BCUT2D eigenvalue weighted by Gasteiger charge is 2.29. The summed E-state index contributed by atoms with van der Waals surface area (Å²) in [5.41, 5.74) is 1.97. The zero-order chi connectivity index (χ0) is 15.9. The van der Waals surface area contributed by atoms with Crippen LogP contribution in [0.5, 0.6) is 0 Å². The van der Waals surface area contributed by atoms with E-state index in [1.54, 1.807) is 0 Å². The summed E-state index contributed by atoms with van der Waals surface area (Å²) < 4.78 is 25.8. The van der Waals surface area contributed by atoms with Crippen LogP contribution in [0.3, 0.4) is 0 Å². The molecule has 7 heteroatoms. The summed E-state index contributed by atoms with van der Waals surface area (Å²) in [6, 6.07) is 7.61. The molecule has 1 aliphatic heterocycles. The molecule has 2 heterocycles. The number of carbonyl (C=O) groups excluding carboxylic acids is 1. The molecule has 1 aromatic heterocycles. The van der Waals surface area contributed by atoms with E-state index in [1.165, 1.54) is 0 Å². The Hall–Kier alpha value is -1.34. The lowest BCUT2D eigenvalue weighted by Gasteiger charge is -2.13. The Morgan fingerprint density at radius 1 is 1.41 bits per heavy atom. The van der Waals surface area contributed by atoms with Crippen molar-refractivity contribution in [3.05, 3.63) is 34.4 Å². The summed E-state index contributed by atoms with van der Waals surface area (Å²) in [5.74, 6) is 0.0569. The third-order valence-corrected chi connectivity index (χ3v) is 6.82. The molecule has 5 nitrogen and oxygen atoms in total. The van der Waals surface area contributed by atoms with E-state index in [0.717, 1.165) is 21.1 Å². The zero-order valence-corrected chi connectivity index (χ0v) is 14.6. The molecular formula is C15H17BrN2O3S. The summed E-state index contributed by atoms with van der Waals surface area (Å²) in [7, 11) is -2.98. The van der Waals surface area contributed by atoms with Crippen molar-refractivity contribution in [1.29, 1.82) is 0 Å². The highest BCUT2D eigenvalue weighted by Crippen LogP contribution is 2.30. The SMILES string of the molecule is Cc1c(Br)c2ccccc2n1CC(=O)NC1CCS(=O)(=O)C1. The molecule has 1 saturated heterocycles. The van der Waals surface area contributed by atoms with Gasteiger partial charge in [0.05, 0.1) is 11.5 Å². The van der Waals surface area contributed by atoms with Gasteiger partial charge in [0, 0.05) is 27.1 Å². The topological polar surface area (TPSA) is 68.2 Å². The van der Waals surface area contributed by atoms with Crippen LogP contribution in [0.1, 0.15) is 12.1 Å². The van der Waals surface area contributed by atoms with Gasteiger partial charge in [0.2, 0.25) is 5.91 Å². The molecule has 1 fully saturated rings. The van der Waals surface area contributed by atoms with Crippen LogP contribution >= 0.6 is 15.9 Å². The molecule has 0 saturated carbocycles. The smallest absolute Gasteiger partial charge is 0.240 e. The number of amides is 1. The lowest BCUT2D eigenvalue weighted by atomic mass is 10.2. The number of hydrogen-bond acceptors (Lipinski definition) is 3. The lowest BCUT2D eigenvalue weighted by Crippen LogP contribution is -2.37. The van der Waals surface area contributed by atoms with Gasteiger partial charge in [-0.05, 0) is 35.3 Å². The maximum atomic E-state index is 12.2. The van der Waals surface area contributed by atoms with Gasteiger partial charge in [-0.3, -0.25) is 4.79 Å². The summed E-state index contributed by atoms with van der Waals surface area (Å²) in [6.45, 7) is 2.14. The summed E-state index contributed by atoms with van der Waals surface area (Å²) in [4.78, 5) is 12.2. The van der Waals surface area contributed by atoms with Gasteiger partial charge in [-0.25, -0.2) is 8.42 Å². The molecule has 1 amide bonds. The van der Waals surface area contributed by atoms with Crippen LogP contribution in [-0.2, 0) is 21.2 Å². The van der Waals surface area contributed by atoms with Crippen molar-refractivity contribution in [2.45, 2.75) is 25.9 Å². The largest absolute Gasteiger partial charge is 0.351 e. The Morgan fingerprint density at radius 3 is 2.82 bits per heavy atom. The summed E-state index contributed by atoms with van der Waals surface area (Å²) in [5, 5.41) is 3.90. The van der Waals surface area contributed by atoms with Crippen molar-refractivity contribution in [3.8, 4) is 0 Å². The Balaban J connectivity index is 1.79. The third-order valence-electron chi connectivity index (χ3n) is 4.05. The zero-order valence-electron chi connectivity index (χ0n) is 12.2. The van der Waals surface area contributed by atoms with E-state index in [9.17, 15) is 13.2 Å². The van der Waals surface area contributed by atoms with Gasteiger partial charge in [-0.2, -0.15) is 0 Å². The van der Waals surface area contributed by atoms with Gasteiger partial charge in [0.25, 0.3) is 0 Å². The molecule has 22 heavy (non-hydrogen) atoms. The average molecular weight is 385 g/mol. The van der Waals surface area contributed by atoms with E-state index in [4.69, 9.17) is 0 Å². The fourth-order valence-electron chi connectivity index (χ4n) is 2.92. The number of benzene rings is 1. The number of para-hydroxylation sites is 1. The van der Waals surface area contributed by atoms with E-state index in [-0.39, 0.29) is 30.0 Å². The second kappa shape index (κ2) is 5.70. The van der Waals surface area contributed by atoms with Crippen LogP contribution in [0.4, 0.5) is 0 Å². The first-order chi connectivity index (χ1) is 10.4. The third kappa shape index (κ3) is 2.92. The van der Waals surface area contributed by atoms with Gasteiger partial charge in [-0.15, -0.1) is 0 Å². The number of carbonyl (C=O) groups is 1. The highest BCUT2D eigenvalue weighted by molar-refractivity contribution is 9.10. The molecule has 1 aliphatic rings. The van der Waals surface area contributed by atoms with Crippen LogP contribution in [0.2, 0.25) is 0 Å². The van der Waals surface area contributed by atoms with Crippen molar-refractivity contribution < 1.29 is 13.2 Å². The molecule has 1 N–H and O–H groups in total. The summed E-state index contributed by atoms with van der Waals surface area (Å²) in [6.07, 6.45) is 0.503. The minimum Gasteiger partial charge on any atom is -0.351 e. The Labute approximate surface area is 137 Å². The number of sulfone groups is 1. The number of halogens is 1. The molecule has 118 valence electrons. The maximum Gasteiger partial charge on any atom is 0.240 e. The van der Waals surface area contributed by atoms with E-state index < -0.39 is 9.84 Å². The summed E-state index contributed by atoms with van der Waals surface area (Å²) >= 11 is 3.56. The number of nitrogens with zero attached hydrogens (tertiary/aromatic N) is 1. The van der Waals surface area contributed by atoms with E-state index in [0.29, 0.717) is 6.42 Å². The quantitative estimate of drug-likeness (QED) is 0.879. The Kier molecular flexibility index (Phi) is 4.03. The molecule has 2 aromatic rings. The lowest BCUT2D eigenvalue weighted by molar-refractivity contribution is -0.122. The van der Waals surface area contributed by atoms with Gasteiger partial charge >= 0.3 is 0 Å². The molecule has 0 aliphatic carbocycles. The number of aromatic nitrogens is 1. The monoisotopic (exact) mass is 384 g/mol. The predicted molar refractivity (Wildman–Crippen MR) is 89.6 cm³/mol. The molecule has 1 atom stereocenters. The molecule has 3 rings (SSSR count). The molecular weight excluding hydrogens is 368 g/mol. The number of fused-ring (bicyclic) bond motifs is 1. The highest BCUT2D eigenvalue weighted by atomic mass is 79.9. The first-order valence-corrected chi connectivity index (χ1v) is 9.72. The molecule has 0 bridgehead atoms. The van der Waals surface area contributed by atoms with Crippen molar-refractivity contribution >= 4 is 42.6 Å². The van der Waals surface area contributed by atoms with E-state index in [2.05, 4.69) is 21.2 Å². The number of hydrogen-bond donors (Lipinski definition) is 1. The van der Waals surface area contributed by atoms with Crippen LogP contribution < -0.4 is 5.32 Å².